The predicted octanol–water partition coefficient (Wildman–Crippen LogP) is 3.33. The van der Waals surface area contributed by atoms with E-state index in [1.807, 2.05) is 0 Å². The van der Waals surface area contributed by atoms with Crippen LogP contribution in [0.5, 0.6) is 0 Å². The number of hydrogen-bond acceptors (Lipinski definition) is 2. The van der Waals surface area contributed by atoms with E-state index in [1.54, 1.807) is 0 Å². The van der Waals surface area contributed by atoms with Gasteiger partial charge in [-0.05, 0) is 6.42 Å². The molecule has 3 atom stereocenters. The van der Waals surface area contributed by atoms with E-state index in [9.17, 15) is 26.7 Å². The second-order valence-electron chi connectivity index (χ2n) is 3.26. The Morgan fingerprint density at radius 1 is 1.19 bits per heavy atom. The lowest BCUT2D eigenvalue weighted by molar-refractivity contribution is -0.109. The Labute approximate surface area is 94.8 Å². The van der Waals surface area contributed by atoms with Crippen molar-refractivity contribution < 1.29 is 26.7 Å². The van der Waals surface area contributed by atoms with Gasteiger partial charge < -0.3 is 0 Å². The van der Waals surface area contributed by atoms with Gasteiger partial charge in [-0.3, -0.25) is 4.79 Å². The third-order valence-corrected chi connectivity index (χ3v) is 2.65. The van der Waals surface area contributed by atoms with Crippen LogP contribution in [0.1, 0.15) is 19.8 Å². The van der Waals surface area contributed by atoms with Gasteiger partial charge in [0.2, 0.25) is 0 Å². The van der Waals surface area contributed by atoms with Crippen LogP contribution in [-0.2, 0) is 4.79 Å². The van der Waals surface area contributed by atoms with Gasteiger partial charge in [0, 0.05) is 19.1 Å². The van der Waals surface area contributed by atoms with Crippen molar-refractivity contribution in [3.8, 4) is 0 Å². The van der Waals surface area contributed by atoms with Gasteiger partial charge in [0.05, 0.1) is 0 Å². The van der Waals surface area contributed by atoms with Gasteiger partial charge in [-0.15, -0.1) is 0 Å². The van der Waals surface area contributed by atoms with Crippen LogP contribution in [-0.4, -0.2) is 35.8 Å². The maximum absolute atomic E-state index is 13.0. The molecule has 0 aliphatic rings. The molecule has 1 nitrogen and oxygen atoms in total. The predicted molar refractivity (Wildman–Crippen MR) is 53.1 cm³/mol. The highest BCUT2D eigenvalue weighted by Crippen LogP contribution is 2.21. The summed E-state index contributed by atoms with van der Waals surface area (Å²) in [5, 5.41) is -0.208. The van der Waals surface area contributed by atoms with Crippen LogP contribution in [0, 0.1) is 0 Å². The molecule has 16 heavy (non-hydrogen) atoms. The molecule has 0 bridgehead atoms. The first kappa shape index (κ1) is 15.7. The molecular formula is C9H13F5OS. The molecule has 0 aromatic rings. The minimum Gasteiger partial charge on any atom is -0.288 e. The molecule has 0 spiro atoms. The summed E-state index contributed by atoms with van der Waals surface area (Å²) in [5.41, 5.74) is 0. The summed E-state index contributed by atoms with van der Waals surface area (Å²) < 4.78 is 61.4. The standard InChI is InChI=1S/C9H13F5OS/c1-5(15)16-3-2-6(10)4-7(11)8(12)9(13)14/h6-9H,2-4H2,1H3. The second-order valence-corrected chi connectivity index (χ2v) is 4.53. The van der Waals surface area contributed by atoms with E-state index in [1.165, 1.54) is 6.92 Å². The van der Waals surface area contributed by atoms with Gasteiger partial charge >= 0.3 is 0 Å². The smallest absolute Gasteiger partial charge is 0.272 e. The van der Waals surface area contributed by atoms with Crippen molar-refractivity contribution in [2.75, 3.05) is 5.75 Å². The fraction of sp³-hybridized carbons (Fsp3) is 0.889. The van der Waals surface area contributed by atoms with Crippen LogP contribution in [0.3, 0.4) is 0 Å². The number of carbonyl (C=O) groups excluding carboxylic acids is 1. The molecule has 0 heterocycles. The van der Waals surface area contributed by atoms with Crippen LogP contribution >= 0.6 is 11.8 Å². The molecule has 0 saturated heterocycles. The molecule has 0 radical (unpaired) electrons. The Bertz CT molecular complexity index is 214. The summed E-state index contributed by atoms with van der Waals surface area (Å²) in [6.07, 6.45) is -11.6. The topological polar surface area (TPSA) is 17.1 Å². The molecule has 3 unspecified atom stereocenters. The molecular weight excluding hydrogens is 251 g/mol. The normalized spacial score (nSPS) is 17.2. The van der Waals surface area contributed by atoms with E-state index in [2.05, 4.69) is 0 Å². The summed E-state index contributed by atoms with van der Waals surface area (Å²) in [5.74, 6) is 0.134. The Balaban J connectivity index is 3.77. The third-order valence-electron chi connectivity index (χ3n) is 1.80. The lowest BCUT2D eigenvalue weighted by Crippen LogP contribution is -2.28. The van der Waals surface area contributed by atoms with E-state index in [0.717, 1.165) is 11.8 Å². The lowest BCUT2D eigenvalue weighted by atomic mass is 10.1. The van der Waals surface area contributed by atoms with Crippen molar-refractivity contribution in [2.45, 2.75) is 44.7 Å². The summed E-state index contributed by atoms with van der Waals surface area (Å²) in [7, 11) is 0. The number of halogens is 5. The molecule has 0 aromatic heterocycles. The average molecular weight is 264 g/mol. The van der Waals surface area contributed by atoms with E-state index in [0.29, 0.717) is 0 Å². The highest BCUT2D eigenvalue weighted by molar-refractivity contribution is 8.13. The van der Waals surface area contributed by atoms with Crippen molar-refractivity contribution >= 4 is 16.9 Å². The Morgan fingerprint density at radius 2 is 1.75 bits per heavy atom. The lowest BCUT2D eigenvalue weighted by Gasteiger charge is -2.14. The summed E-state index contributed by atoms with van der Waals surface area (Å²) in [6.45, 7) is 1.30. The third kappa shape index (κ3) is 7.03. The summed E-state index contributed by atoms with van der Waals surface area (Å²) in [4.78, 5) is 10.5. The van der Waals surface area contributed by atoms with Gasteiger partial charge in [0.1, 0.15) is 12.3 Å². The summed E-state index contributed by atoms with van der Waals surface area (Å²) >= 11 is 0.858. The van der Waals surface area contributed by atoms with Crippen molar-refractivity contribution in [2.24, 2.45) is 0 Å². The van der Waals surface area contributed by atoms with Crippen molar-refractivity contribution in [1.29, 1.82) is 0 Å². The zero-order chi connectivity index (χ0) is 12.7. The monoisotopic (exact) mass is 264 g/mol. The van der Waals surface area contributed by atoms with Crippen LogP contribution in [0.2, 0.25) is 0 Å². The molecule has 0 aliphatic carbocycles. The van der Waals surface area contributed by atoms with Crippen molar-refractivity contribution in [3.63, 3.8) is 0 Å². The Kier molecular flexibility index (Phi) is 7.70. The molecule has 0 aliphatic heterocycles. The first-order chi connectivity index (χ1) is 7.34. The molecule has 96 valence electrons. The SMILES string of the molecule is CC(=O)SCCC(F)CC(F)C(F)C(F)F. The molecule has 0 fully saturated rings. The highest BCUT2D eigenvalue weighted by atomic mass is 32.2. The van der Waals surface area contributed by atoms with Gasteiger partial charge in [0.25, 0.3) is 6.43 Å². The van der Waals surface area contributed by atoms with Gasteiger partial charge in [0.15, 0.2) is 11.3 Å². The van der Waals surface area contributed by atoms with E-state index >= 15 is 0 Å². The number of alkyl halides is 5. The largest absolute Gasteiger partial charge is 0.288 e. The van der Waals surface area contributed by atoms with Gasteiger partial charge in [-0.1, -0.05) is 11.8 Å². The van der Waals surface area contributed by atoms with Gasteiger partial charge in [-0.2, -0.15) is 0 Å². The second kappa shape index (κ2) is 7.86. The number of hydrogen-bond donors (Lipinski definition) is 0. The van der Waals surface area contributed by atoms with Crippen molar-refractivity contribution in [1.82, 2.24) is 0 Å². The molecule has 7 heteroatoms. The Morgan fingerprint density at radius 3 is 2.19 bits per heavy atom. The molecule has 0 saturated carbocycles. The minimum atomic E-state index is -3.44. The van der Waals surface area contributed by atoms with Gasteiger partial charge in [-0.25, -0.2) is 22.0 Å². The molecule has 0 N–H and O–H groups in total. The van der Waals surface area contributed by atoms with Crippen LogP contribution in [0.15, 0.2) is 0 Å². The van der Waals surface area contributed by atoms with Crippen LogP contribution in [0.4, 0.5) is 22.0 Å². The zero-order valence-electron chi connectivity index (χ0n) is 8.64. The van der Waals surface area contributed by atoms with Crippen molar-refractivity contribution in [3.05, 3.63) is 0 Å². The van der Waals surface area contributed by atoms with E-state index in [4.69, 9.17) is 0 Å². The average Bonchev–Trinajstić information content (AvgIpc) is 2.15. The molecule has 0 aromatic carbocycles. The number of carbonyl (C=O) groups is 1. The van der Waals surface area contributed by atoms with E-state index in [-0.39, 0.29) is 17.3 Å². The fourth-order valence-electron chi connectivity index (χ4n) is 0.981. The first-order valence-electron chi connectivity index (χ1n) is 4.68. The maximum Gasteiger partial charge on any atom is 0.272 e. The molecule has 0 rings (SSSR count). The van der Waals surface area contributed by atoms with Crippen LogP contribution < -0.4 is 0 Å². The Hall–Kier alpha value is -0.330. The zero-order valence-corrected chi connectivity index (χ0v) is 9.45. The maximum atomic E-state index is 13.0. The highest BCUT2D eigenvalue weighted by Gasteiger charge is 2.31. The van der Waals surface area contributed by atoms with E-state index < -0.39 is 31.4 Å². The number of thioether (sulfide) groups is 1. The minimum absolute atomic E-state index is 0.134. The summed E-state index contributed by atoms with van der Waals surface area (Å²) in [6, 6.07) is 0. The van der Waals surface area contributed by atoms with Crippen LogP contribution in [0.25, 0.3) is 0 Å². The quantitative estimate of drug-likeness (QED) is 0.656. The molecule has 0 amide bonds. The fourth-order valence-corrected chi connectivity index (χ4v) is 1.64. The number of rotatable bonds is 7. The first-order valence-corrected chi connectivity index (χ1v) is 5.67.